The number of oxime groups is 1. The van der Waals surface area contributed by atoms with E-state index in [1.54, 1.807) is 29.1 Å². The van der Waals surface area contributed by atoms with Crippen molar-refractivity contribution >= 4 is 51.9 Å². The molecule has 0 saturated carbocycles. The smallest absolute Gasteiger partial charge is 0.292 e. The summed E-state index contributed by atoms with van der Waals surface area (Å²) in [5.74, 6) is -3.27. The Morgan fingerprint density at radius 3 is 2.77 bits per heavy atom. The number of alkyl halides is 2. The summed E-state index contributed by atoms with van der Waals surface area (Å²) < 4.78 is 31.1. The molecule has 2 amide bonds. The van der Waals surface area contributed by atoms with E-state index in [-0.39, 0.29) is 29.0 Å². The van der Waals surface area contributed by atoms with Crippen LogP contribution in [0.4, 0.5) is 13.9 Å². The fourth-order valence-corrected chi connectivity index (χ4v) is 5.19. The maximum atomic E-state index is 13.2. The first-order chi connectivity index (χ1) is 16.8. The number of pyridine rings is 1. The zero-order valence-electron chi connectivity index (χ0n) is 17.7. The van der Waals surface area contributed by atoms with Crippen LogP contribution in [0.25, 0.3) is 0 Å². The van der Waals surface area contributed by atoms with E-state index in [4.69, 9.17) is 5.73 Å². The Bertz CT molecular complexity index is 1210. The van der Waals surface area contributed by atoms with Crippen LogP contribution in [0.1, 0.15) is 5.82 Å². The number of aromatic nitrogens is 3. The predicted octanol–water partition coefficient (Wildman–Crippen LogP) is -1.50. The van der Waals surface area contributed by atoms with Gasteiger partial charge in [0.1, 0.15) is 11.4 Å². The lowest BCUT2D eigenvalue weighted by Gasteiger charge is -2.50. The second kappa shape index (κ2) is 10.3. The maximum absolute atomic E-state index is 13.2. The lowest BCUT2D eigenvalue weighted by molar-refractivity contribution is -0.689. The third-order valence-corrected chi connectivity index (χ3v) is 6.81. The normalized spacial score (nSPS) is 20.7. The van der Waals surface area contributed by atoms with Crippen LogP contribution in [-0.4, -0.2) is 68.0 Å². The van der Waals surface area contributed by atoms with Gasteiger partial charge in [-0.1, -0.05) is 11.2 Å². The molecular formula is C19H17F2N7O5S2. The van der Waals surface area contributed by atoms with E-state index in [0.717, 1.165) is 16.4 Å². The van der Waals surface area contributed by atoms with Gasteiger partial charge < -0.3 is 25.8 Å². The first kappa shape index (κ1) is 24.5. The second-order valence-corrected chi connectivity index (χ2v) is 9.10. The highest BCUT2D eigenvalue weighted by Crippen LogP contribution is 2.40. The molecule has 16 heteroatoms. The number of hydrogen-bond acceptors (Lipinski definition) is 11. The molecular weight excluding hydrogens is 508 g/mol. The van der Waals surface area contributed by atoms with Gasteiger partial charge in [-0.3, -0.25) is 14.5 Å². The molecule has 2 aromatic rings. The van der Waals surface area contributed by atoms with E-state index in [2.05, 4.69) is 24.7 Å². The van der Waals surface area contributed by atoms with Crippen molar-refractivity contribution in [2.45, 2.75) is 24.3 Å². The summed E-state index contributed by atoms with van der Waals surface area (Å²) in [4.78, 5) is 46.7. The number of carbonyl (C=O) groups is 3. The minimum absolute atomic E-state index is 0.0240. The van der Waals surface area contributed by atoms with Crippen LogP contribution in [0.2, 0.25) is 0 Å². The number of nitrogens with two attached hydrogens (primary N) is 1. The Labute approximate surface area is 204 Å². The largest absolute Gasteiger partial charge is 0.543 e. The quantitative estimate of drug-likeness (QED) is 0.171. The SMILES string of the molecule is Nc1nc(C(=NOC(F)CF)C(=O)N[C@@H]2C(=O)N3C(C(=O)[O-])=C(C[n+]4ccccc4)CS[C@H]23)ns1. The van der Waals surface area contributed by atoms with Gasteiger partial charge >= 0.3 is 0 Å². The van der Waals surface area contributed by atoms with Crippen LogP contribution >= 0.6 is 23.3 Å². The molecule has 184 valence electrons. The molecule has 0 bridgehead atoms. The number of thioether (sulfide) groups is 1. The molecule has 2 aliphatic rings. The highest BCUT2D eigenvalue weighted by molar-refractivity contribution is 8.00. The summed E-state index contributed by atoms with van der Waals surface area (Å²) in [7, 11) is 0. The van der Waals surface area contributed by atoms with Crippen LogP contribution in [0.5, 0.6) is 0 Å². The van der Waals surface area contributed by atoms with Gasteiger partial charge in [-0.25, -0.2) is 8.96 Å². The highest BCUT2D eigenvalue weighted by Gasteiger charge is 2.53. The molecule has 2 aromatic heterocycles. The van der Waals surface area contributed by atoms with Gasteiger partial charge in [-0.05, 0) is 0 Å². The van der Waals surface area contributed by atoms with Gasteiger partial charge in [0.05, 0.1) is 11.7 Å². The second-order valence-electron chi connectivity index (χ2n) is 7.21. The number of nitrogens with zero attached hydrogens (tertiary/aromatic N) is 5. The fourth-order valence-electron chi connectivity index (χ4n) is 3.42. The molecule has 1 saturated heterocycles. The van der Waals surface area contributed by atoms with Gasteiger partial charge in [0.25, 0.3) is 18.2 Å². The minimum Gasteiger partial charge on any atom is -0.543 e. The third kappa shape index (κ3) is 5.07. The van der Waals surface area contributed by atoms with Crippen molar-refractivity contribution in [1.29, 1.82) is 0 Å². The molecule has 0 aromatic carbocycles. The average molecular weight is 526 g/mol. The number of anilines is 1. The van der Waals surface area contributed by atoms with E-state index in [1.165, 1.54) is 11.8 Å². The molecule has 0 radical (unpaired) electrons. The molecule has 3 N–H and O–H groups in total. The van der Waals surface area contributed by atoms with E-state index < -0.39 is 47.9 Å². The zero-order valence-corrected chi connectivity index (χ0v) is 19.3. The number of hydrogen-bond donors (Lipinski definition) is 2. The van der Waals surface area contributed by atoms with E-state index in [0.29, 0.717) is 5.57 Å². The number of amides is 2. The molecule has 4 heterocycles. The average Bonchev–Trinajstić information content (AvgIpc) is 3.28. The number of fused-ring (bicyclic) bond motifs is 1. The molecule has 0 spiro atoms. The monoisotopic (exact) mass is 525 g/mol. The van der Waals surface area contributed by atoms with E-state index in [1.807, 2.05) is 6.07 Å². The van der Waals surface area contributed by atoms with Gasteiger partial charge in [0.15, 0.2) is 30.7 Å². The molecule has 35 heavy (non-hydrogen) atoms. The van der Waals surface area contributed by atoms with Crippen molar-refractivity contribution in [2.24, 2.45) is 5.16 Å². The van der Waals surface area contributed by atoms with Crippen molar-refractivity contribution in [3.63, 3.8) is 0 Å². The van der Waals surface area contributed by atoms with Gasteiger partial charge in [-0.15, -0.1) is 11.8 Å². The zero-order chi connectivity index (χ0) is 25.1. The van der Waals surface area contributed by atoms with Crippen LogP contribution in [0.15, 0.2) is 47.0 Å². The van der Waals surface area contributed by atoms with Gasteiger partial charge in [-0.2, -0.15) is 13.7 Å². The van der Waals surface area contributed by atoms with E-state index in [9.17, 15) is 28.3 Å². The number of rotatable bonds is 9. The minimum atomic E-state index is -2.43. The van der Waals surface area contributed by atoms with Crippen LogP contribution in [-0.2, 0) is 25.8 Å². The van der Waals surface area contributed by atoms with Crippen molar-refractivity contribution in [2.75, 3.05) is 18.2 Å². The number of carboxylic acids is 1. The lowest BCUT2D eigenvalue weighted by Crippen LogP contribution is -2.71. The summed E-state index contributed by atoms with van der Waals surface area (Å²) in [6, 6.07) is 4.25. The topological polar surface area (TPSA) is 167 Å². The van der Waals surface area contributed by atoms with Crippen LogP contribution in [0, 0.1) is 0 Å². The number of carboxylic acid groups (broad SMARTS) is 1. The Morgan fingerprint density at radius 1 is 1.40 bits per heavy atom. The first-order valence-electron chi connectivity index (χ1n) is 9.96. The Hall–Kier alpha value is -3.66. The Morgan fingerprint density at radius 2 is 2.14 bits per heavy atom. The van der Waals surface area contributed by atoms with Crippen LogP contribution < -0.4 is 20.7 Å². The Balaban J connectivity index is 1.53. The fraction of sp³-hybridized carbons (Fsp3) is 0.316. The third-order valence-electron chi connectivity index (χ3n) is 4.93. The van der Waals surface area contributed by atoms with Gasteiger partial charge in [0.2, 0.25) is 11.5 Å². The van der Waals surface area contributed by atoms with Crippen molar-refractivity contribution in [3.8, 4) is 0 Å². The number of carbonyl (C=O) groups excluding carboxylic acids is 3. The Kier molecular flexibility index (Phi) is 7.20. The van der Waals surface area contributed by atoms with Crippen molar-refractivity contribution < 1.29 is 37.7 Å². The summed E-state index contributed by atoms with van der Waals surface area (Å²) >= 11 is 1.97. The summed E-state index contributed by atoms with van der Waals surface area (Å²) in [6.07, 6.45) is 1.08. The lowest BCUT2D eigenvalue weighted by atomic mass is 10.0. The number of β-lactam (4-membered cyclic amide) rings is 1. The maximum Gasteiger partial charge on any atom is 0.292 e. The summed E-state index contributed by atoms with van der Waals surface area (Å²) in [5, 5.41) is 16.8. The molecule has 1 unspecified atom stereocenters. The van der Waals surface area contributed by atoms with Crippen molar-refractivity contribution in [3.05, 3.63) is 47.7 Å². The number of nitrogens with one attached hydrogen (secondary N) is 1. The number of halogens is 2. The molecule has 1 fully saturated rings. The summed E-state index contributed by atoms with van der Waals surface area (Å²) in [6.45, 7) is -1.28. The predicted molar refractivity (Wildman–Crippen MR) is 117 cm³/mol. The van der Waals surface area contributed by atoms with Gasteiger partial charge in [0, 0.05) is 35.0 Å². The van der Waals surface area contributed by atoms with Crippen LogP contribution in [0.3, 0.4) is 0 Å². The standard InChI is InChI=1S/C19H17F2N7O5S2/c20-6-10(21)33-25-11(14-24-19(22)35-26-14)15(29)23-12-16(30)28-13(18(31)32)9(8-34-17(12)28)7-27-4-2-1-3-5-27/h1-5,10,12,17H,6-8H2,(H3-,22,23,24,26,29,31,32)/t10?,12-,17-/m1/s1. The molecule has 12 nitrogen and oxygen atoms in total. The van der Waals surface area contributed by atoms with Crippen molar-refractivity contribution in [1.82, 2.24) is 19.6 Å². The van der Waals surface area contributed by atoms with E-state index >= 15 is 0 Å². The molecule has 3 atom stereocenters. The highest BCUT2D eigenvalue weighted by atomic mass is 32.2. The summed E-state index contributed by atoms with van der Waals surface area (Å²) in [5.41, 5.74) is 5.10. The molecule has 2 aliphatic heterocycles. The molecule has 4 rings (SSSR count). The number of aliphatic carboxylic acids is 1. The molecule has 0 aliphatic carbocycles. The first-order valence-corrected chi connectivity index (χ1v) is 11.8. The number of nitrogen functional groups attached to an aromatic ring is 1.